The van der Waals surface area contributed by atoms with Gasteiger partial charge in [0, 0.05) is 42.2 Å². The van der Waals surface area contributed by atoms with Crippen LogP contribution >= 0.6 is 0 Å². The van der Waals surface area contributed by atoms with Crippen molar-refractivity contribution in [2.24, 2.45) is 9.98 Å². The van der Waals surface area contributed by atoms with Crippen molar-refractivity contribution in [1.29, 1.82) is 0 Å². The molecule has 16 nitrogen and oxygen atoms in total. The SMILES string of the molecule is CC(=O)[O-].Cc1ccnc(NS(=O)(=O)c2ccc(N=Cc3ccccc3[O-])cc2)n1.Cc1ccnc(NS(=O)(=O)c2ccc(N=Cc3ccccc3[O-])cc2)n1.[Cu+2]. The first kappa shape index (κ1) is 44.9. The van der Waals surface area contributed by atoms with Crippen molar-refractivity contribution in [3.05, 3.63) is 144 Å². The zero-order valence-corrected chi connectivity index (χ0v) is 32.8. The van der Waals surface area contributed by atoms with Crippen LogP contribution in [0.4, 0.5) is 23.3 Å². The molecule has 57 heavy (non-hydrogen) atoms. The molecule has 0 amide bonds. The number of aryl methyl sites for hydroxylation is 2. The number of para-hydroxylation sites is 2. The van der Waals surface area contributed by atoms with Crippen LogP contribution in [-0.4, -0.2) is 55.2 Å². The van der Waals surface area contributed by atoms with Gasteiger partial charge in [-0.1, -0.05) is 48.5 Å². The molecule has 4 aromatic carbocycles. The second kappa shape index (κ2) is 21.0. The fraction of sp³-hybridized carbons (Fsp3) is 0.0789. The summed E-state index contributed by atoms with van der Waals surface area (Å²) in [6.45, 7) is 4.46. The van der Waals surface area contributed by atoms with E-state index in [4.69, 9.17) is 9.90 Å². The van der Waals surface area contributed by atoms with Crippen LogP contribution in [0.3, 0.4) is 0 Å². The molecular weight excluding hydrogens is 824 g/mol. The number of hydrogen-bond donors (Lipinski definition) is 2. The summed E-state index contributed by atoms with van der Waals surface area (Å²) in [7, 11) is -7.60. The van der Waals surface area contributed by atoms with E-state index in [-0.39, 0.29) is 50.3 Å². The largest absolute Gasteiger partial charge is 2.00 e. The molecular formula is C38H33CuN8O8S2-. The second-order valence-electron chi connectivity index (χ2n) is 11.3. The Morgan fingerprint density at radius 1 is 0.596 bits per heavy atom. The minimum absolute atomic E-state index is 0. The van der Waals surface area contributed by atoms with Gasteiger partial charge in [-0.3, -0.25) is 9.98 Å². The summed E-state index contributed by atoms with van der Waals surface area (Å²) in [5.41, 5.74) is 3.28. The third kappa shape index (κ3) is 14.6. The van der Waals surface area contributed by atoms with E-state index >= 15 is 0 Å². The zero-order valence-electron chi connectivity index (χ0n) is 30.3. The van der Waals surface area contributed by atoms with E-state index in [1.54, 1.807) is 86.6 Å². The Morgan fingerprint density at radius 2 is 0.930 bits per heavy atom. The van der Waals surface area contributed by atoms with Crippen LogP contribution < -0.4 is 24.8 Å². The molecule has 6 rings (SSSR count). The number of aliphatic carboxylic acids is 1. The summed E-state index contributed by atoms with van der Waals surface area (Å²) < 4.78 is 54.2. The van der Waals surface area contributed by atoms with Crippen LogP contribution in [0.25, 0.3) is 0 Å². The van der Waals surface area contributed by atoms with Gasteiger partial charge >= 0.3 is 17.1 Å². The molecule has 0 atom stereocenters. The van der Waals surface area contributed by atoms with E-state index < -0.39 is 26.0 Å². The third-order valence-electron chi connectivity index (χ3n) is 6.88. The molecule has 297 valence electrons. The molecule has 2 aromatic heterocycles. The van der Waals surface area contributed by atoms with Gasteiger partial charge < -0.3 is 20.1 Å². The molecule has 2 heterocycles. The first-order valence-corrected chi connectivity index (χ1v) is 19.2. The van der Waals surface area contributed by atoms with Crippen molar-refractivity contribution in [2.45, 2.75) is 30.6 Å². The number of hydrogen-bond acceptors (Lipinski definition) is 14. The summed E-state index contributed by atoms with van der Waals surface area (Å²) in [5, 5.41) is 32.2. The van der Waals surface area contributed by atoms with E-state index in [2.05, 4.69) is 39.4 Å². The number of rotatable bonds is 10. The number of aliphatic imine (C=N–C) groups is 2. The van der Waals surface area contributed by atoms with Crippen LogP contribution in [0.1, 0.15) is 29.4 Å². The topological polar surface area (TPSA) is 255 Å². The van der Waals surface area contributed by atoms with Crippen molar-refractivity contribution in [3.8, 4) is 11.5 Å². The predicted octanol–water partition coefficient (Wildman–Crippen LogP) is 3.57. The Labute approximate surface area is 339 Å². The average molecular weight is 857 g/mol. The van der Waals surface area contributed by atoms with Gasteiger partial charge in [0.25, 0.3) is 20.0 Å². The molecule has 0 saturated heterocycles. The Kier molecular flexibility index (Phi) is 16.5. The first-order chi connectivity index (χ1) is 26.6. The van der Waals surface area contributed by atoms with Crippen LogP contribution in [0, 0.1) is 13.8 Å². The Morgan fingerprint density at radius 3 is 1.25 bits per heavy atom. The number of carboxylic acid groups (broad SMARTS) is 1. The van der Waals surface area contributed by atoms with E-state index in [9.17, 15) is 27.0 Å². The molecule has 0 bridgehead atoms. The quantitative estimate of drug-likeness (QED) is 0.148. The fourth-order valence-electron chi connectivity index (χ4n) is 4.24. The van der Waals surface area contributed by atoms with E-state index in [0.717, 1.165) is 6.92 Å². The summed E-state index contributed by atoms with van der Waals surface area (Å²) in [6.07, 6.45) is 5.85. The summed E-state index contributed by atoms with van der Waals surface area (Å²) in [6, 6.07) is 28.3. The summed E-state index contributed by atoms with van der Waals surface area (Å²) >= 11 is 0. The number of carboxylic acids is 1. The van der Waals surface area contributed by atoms with Gasteiger partial charge in [-0.25, -0.2) is 46.2 Å². The first-order valence-electron chi connectivity index (χ1n) is 16.2. The van der Waals surface area contributed by atoms with Gasteiger partial charge in [-0.05, 0) is 92.6 Å². The standard InChI is InChI=1S/2C18H16N4O3S.C2H4O2.Cu/c2*1-13-10-11-19-18(21-13)22-26(24,25)16-8-6-15(7-9-16)20-12-14-4-2-3-5-17(14)23;1-2(3)4;/h2*2-12,23H,1H3,(H,19,21,22);1H3,(H,3,4);/q;;;+2/p-3. The van der Waals surface area contributed by atoms with E-state index in [1.165, 1.54) is 61.2 Å². The molecule has 1 radical (unpaired) electrons. The van der Waals surface area contributed by atoms with Crippen LogP contribution in [0.2, 0.25) is 0 Å². The van der Waals surface area contributed by atoms with Crippen LogP contribution in [-0.2, 0) is 41.9 Å². The van der Waals surface area contributed by atoms with Crippen LogP contribution in [0.5, 0.6) is 11.5 Å². The number of carbonyl (C=O) groups excluding carboxylic acids is 1. The number of nitrogens with one attached hydrogen (secondary N) is 2. The molecule has 2 N–H and O–H groups in total. The maximum Gasteiger partial charge on any atom is 2.00 e. The van der Waals surface area contributed by atoms with Gasteiger partial charge in [-0.15, -0.1) is 11.5 Å². The molecule has 6 aromatic rings. The Hall–Kier alpha value is -6.53. The van der Waals surface area contributed by atoms with Gasteiger partial charge in [0.15, 0.2) is 0 Å². The Balaban J connectivity index is 0.000000275. The van der Waals surface area contributed by atoms with Crippen molar-refractivity contribution in [1.82, 2.24) is 19.9 Å². The normalized spacial score (nSPS) is 11.0. The van der Waals surface area contributed by atoms with Gasteiger partial charge in [0.05, 0.1) is 21.2 Å². The summed E-state index contributed by atoms with van der Waals surface area (Å²) in [5.74, 6) is -1.31. The van der Waals surface area contributed by atoms with Crippen molar-refractivity contribution >= 4 is 61.7 Å². The minimum Gasteiger partial charge on any atom is -0.872 e. The predicted molar refractivity (Wildman–Crippen MR) is 205 cm³/mol. The minimum atomic E-state index is -3.80. The van der Waals surface area contributed by atoms with Gasteiger partial charge in [0.1, 0.15) is 0 Å². The number of aromatic nitrogens is 4. The fourth-order valence-corrected chi connectivity index (χ4v) is 6.14. The van der Waals surface area contributed by atoms with E-state index in [1.807, 2.05) is 0 Å². The summed E-state index contributed by atoms with van der Waals surface area (Å²) in [4.78, 5) is 33.2. The van der Waals surface area contributed by atoms with Crippen LogP contribution in [0.15, 0.2) is 141 Å². The molecule has 0 spiro atoms. The number of anilines is 2. The average Bonchev–Trinajstić information content (AvgIpc) is 3.14. The number of nitrogens with zero attached hydrogens (tertiary/aromatic N) is 6. The molecule has 0 aliphatic heterocycles. The van der Waals surface area contributed by atoms with E-state index in [0.29, 0.717) is 33.9 Å². The Bertz CT molecular complexity index is 2380. The molecule has 0 unspecified atom stereocenters. The molecule has 0 aliphatic carbocycles. The number of benzene rings is 4. The molecule has 19 heteroatoms. The molecule has 0 fully saturated rings. The van der Waals surface area contributed by atoms with Crippen molar-refractivity contribution < 1.29 is 54.0 Å². The smallest absolute Gasteiger partial charge is 0.872 e. The monoisotopic (exact) mass is 856 g/mol. The zero-order chi connectivity index (χ0) is 40.7. The molecule has 0 aliphatic rings. The second-order valence-corrected chi connectivity index (χ2v) is 14.7. The maximum atomic E-state index is 12.4. The van der Waals surface area contributed by atoms with Gasteiger partial charge in [-0.2, -0.15) is 0 Å². The molecule has 0 saturated carbocycles. The number of carbonyl (C=O) groups is 1. The maximum absolute atomic E-state index is 12.4. The third-order valence-corrected chi connectivity index (χ3v) is 9.57. The van der Waals surface area contributed by atoms with Gasteiger partial charge in [0.2, 0.25) is 11.9 Å². The van der Waals surface area contributed by atoms with Crippen molar-refractivity contribution in [3.63, 3.8) is 0 Å². The van der Waals surface area contributed by atoms with Crippen molar-refractivity contribution in [2.75, 3.05) is 9.44 Å². The number of sulfonamides is 2.